The zero-order valence-corrected chi connectivity index (χ0v) is 12.5. The molecular formula is C14H29NO3. The summed E-state index contributed by atoms with van der Waals surface area (Å²) in [5.74, 6) is -0.707. The Hall–Kier alpha value is -0.610. The van der Waals surface area contributed by atoms with E-state index in [4.69, 9.17) is 9.84 Å². The van der Waals surface area contributed by atoms with Crippen LogP contribution in [0.15, 0.2) is 0 Å². The number of carbonyl (C=O) groups is 1. The van der Waals surface area contributed by atoms with E-state index in [1.54, 1.807) is 13.8 Å². The van der Waals surface area contributed by atoms with Crippen molar-refractivity contribution in [1.82, 2.24) is 4.90 Å². The molecule has 108 valence electrons. The van der Waals surface area contributed by atoms with Crippen LogP contribution in [0.1, 0.15) is 47.0 Å². The van der Waals surface area contributed by atoms with Gasteiger partial charge in [-0.25, -0.2) is 0 Å². The zero-order valence-electron chi connectivity index (χ0n) is 12.5. The van der Waals surface area contributed by atoms with E-state index in [0.29, 0.717) is 0 Å². The largest absolute Gasteiger partial charge is 0.481 e. The number of ether oxygens (including phenoxy) is 1. The fourth-order valence-electron chi connectivity index (χ4n) is 1.61. The molecule has 0 aromatic carbocycles. The van der Waals surface area contributed by atoms with Gasteiger partial charge in [0.05, 0.1) is 18.1 Å². The maximum Gasteiger partial charge on any atom is 0.309 e. The summed E-state index contributed by atoms with van der Waals surface area (Å²) in [5, 5.41) is 8.99. The maximum atomic E-state index is 10.9. The first-order chi connectivity index (χ1) is 8.25. The summed E-state index contributed by atoms with van der Waals surface area (Å²) < 4.78 is 5.49. The van der Waals surface area contributed by atoms with E-state index in [-0.39, 0.29) is 6.10 Å². The summed E-state index contributed by atoms with van der Waals surface area (Å²) in [7, 11) is 2.08. The Balaban J connectivity index is 3.57. The SMILES string of the molecule is CC(C)OCCN(C)CCCCC(C)(C)C(=O)O. The lowest BCUT2D eigenvalue weighted by Gasteiger charge is -2.20. The van der Waals surface area contributed by atoms with Crippen LogP contribution in [0.5, 0.6) is 0 Å². The maximum absolute atomic E-state index is 10.9. The summed E-state index contributed by atoms with van der Waals surface area (Å²) in [6.45, 7) is 10.3. The average molecular weight is 259 g/mol. The van der Waals surface area contributed by atoms with E-state index in [1.807, 2.05) is 13.8 Å². The third-order valence-electron chi connectivity index (χ3n) is 3.09. The van der Waals surface area contributed by atoms with Crippen molar-refractivity contribution in [3.05, 3.63) is 0 Å². The molecule has 0 unspecified atom stereocenters. The van der Waals surface area contributed by atoms with Crippen molar-refractivity contribution in [2.75, 3.05) is 26.7 Å². The summed E-state index contributed by atoms with van der Waals surface area (Å²) >= 11 is 0. The van der Waals surface area contributed by atoms with Gasteiger partial charge in [-0.3, -0.25) is 4.79 Å². The summed E-state index contributed by atoms with van der Waals surface area (Å²) in [4.78, 5) is 13.2. The normalized spacial score (nSPS) is 12.4. The predicted molar refractivity (Wildman–Crippen MR) is 73.9 cm³/mol. The van der Waals surface area contributed by atoms with Gasteiger partial charge in [-0.05, 0) is 54.1 Å². The van der Waals surface area contributed by atoms with Crippen molar-refractivity contribution in [1.29, 1.82) is 0 Å². The van der Waals surface area contributed by atoms with Crippen LogP contribution in [-0.4, -0.2) is 48.8 Å². The third kappa shape index (κ3) is 8.48. The van der Waals surface area contributed by atoms with Crippen LogP contribution in [-0.2, 0) is 9.53 Å². The highest BCUT2D eigenvalue weighted by Crippen LogP contribution is 2.23. The minimum Gasteiger partial charge on any atom is -0.481 e. The average Bonchev–Trinajstić information content (AvgIpc) is 2.23. The van der Waals surface area contributed by atoms with Gasteiger partial charge in [-0.2, -0.15) is 0 Å². The molecule has 4 heteroatoms. The predicted octanol–water partition coefficient (Wildman–Crippen LogP) is 2.62. The molecule has 0 aliphatic rings. The highest BCUT2D eigenvalue weighted by atomic mass is 16.5. The van der Waals surface area contributed by atoms with E-state index in [2.05, 4.69) is 11.9 Å². The van der Waals surface area contributed by atoms with Crippen molar-refractivity contribution < 1.29 is 14.6 Å². The number of aliphatic carboxylic acids is 1. The quantitative estimate of drug-likeness (QED) is 0.613. The Labute approximate surface area is 111 Å². The molecule has 0 atom stereocenters. The molecule has 18 heavy (non-hydrogen) atoms. The van der Waals surface area contributed by atoms with Gasteiger partial charge in [-0.1, -0.05) is 6.42 Å². The van der Waals surface area contributed by atoms with Gasteiger partial charge in [-0.15, -0.1) is 0 Å². The molecule has 0 fully saturated rings. The molecule has 0 bridgehead atoms. The van der Waals surface area contributed by atoms with Crippen LogP contribution in [0.3, 0.4) is 0 Å². The summed E-state index contributed by atoms with van der Waals surface area (Å²) in [6.07, 6.45) is 3.01. The van der Waals surface area contributed by atoms with Crippen LogP contribution in [0, 0.1) is 5.41 Å². The fourth-order valence-corrected chi connectivity index (χ4v) is 1.61. The Morgan fingerprint density at radius 2 is 1.89 bits per heavy atom. The van der Waals surface area contributed by atoms with Crippen LogP contribution in [0.2, 0.25) is 0 Å². The van der Waals surface area contributed by atoms with Crippen LogP contribution in [0.25, 0.3) is 0 Å². The second-order valence-electron chi connectivity index (χ2n) is 5.87. The van der Waals surface area contributed by atoms with Gasteiger partial charge < -0.3 is 14.7 Å². The Kier molecular flexibility index (Phi) is 8.20. The second kappa shape index (κ2) is 8.48. The Bertz CT molecular complexity index is 239. The second-order valence-corrected chi connectivity index (χ2v) is 5.87. The highest BCUT2D eigenvalue weighted by molar-refractivity contribution is 5.73. The zero-order chi connectivity index (χ0) is 14.2. The van der Waals surface area contributed by atoms with E-state index in [1.165, 1.54) is 0 Å². The van der Waals surface area contributed by atoms with Crippen LogP contribution >= 0.6 is 0 Å². The molecule has 0 aromatic rings. The number of hydrogen-bond donors (Lipinski definition) is 1. The fraction of sp³-hybridized carbons (Fsp3) is 0.929. The van der Waals surface area contributed by atoms with E-state index in [0.717, 1.165) is 39.0 Å². The van der Waals surface area contributed by atoms with Crippen LogP contribution in [0.4, 0.5) is 0 Å². The lowest BCUT2D eigenvalue weighted by molar-refractivity contribution is -0.147. The topological polar surface area (TPSA) is 49.8 Å². The van der Waals surface area contributed by atoms with E-state index in [9.17, 15) is 4.79 Å². The minimum atomic E-state index is -0.707. The molecule has 0 aliphatic carbocycles. The first-order valence-corrected chi connectivity index (χ1v) is 6.79. The molecule has 0 heterocycles. The van der Waals surface area contributed by atoms with Crippen molar-refractivity contribution in [2.45, 2.75) is 53.1 Å². The Morgan fingerprint density at radius 1 is 1.28 bits per heavy atom. The lowest BCUT2D eigenvalue weighted by Crippen LogP contribution is -2.26. The smallest absolute Gasteiger partial charge is 0.309 e. The molecule has 0 rings (SSSR count). The van der Waals surface area contributed by atoms with Crippen molar-refractivity contribution in [3.8, 4) is 0 Å². The molecule has 0 radical (unpaired) electrons. The van der Waals surface area contributed by atoms with Crippen molar-refractivity contribution >= 4 is 5.97 Å². The number of carboxylic acids is 1. The summed E-state index contributed by atoms with van der Waals surface area (Å²) in [6, 6.07) is 0. The third-order valence-corrected chi connectivity index (χ3v) is 3.09. The first kappa shape index (κ1) is 17.4. The summed E-state index contributed by atoms with van der Waals surface area (Å²) in [5.41, 5.74) is -0.598. The van der Waals surface area contributed by atoms with E-state index < -0.39 is 11.4 Å². The number of likely N-dealkylation sites (N-methyl/N-ethyl adjacent to an activating group) is 1. The molecule has 0 saturated carbocycles. The van der Waals surface area contributed by atoms with Gasteiger partial charge in [0.15, 0.2) is 0 Å². The molecular weight excluding hydrogens is 230 g/mol. The minimum absolute atomic E-state index is 0.287. The molecule has 1 N–H and O–H groups in total. The monoisotopic (exact) mass is 259 g/mol. The molecule has 0 aliphatic heterocycles. The van der Waals surface area contributed by atoms with Gasteiger partial charge in [0.2, 0.25) is 0 Å². The highest BCUT2D eigenvalue weighted by Gasteiger charge is 2.25. The van der Waals surface area contributed by atoms with Gasteiger partial charge in [0.25, 0.3) is 0 Å². The van der Waals surface area contributed by atoms with Gasteiger partial charge in [0, 0.05) is 6.54 Å². The molecule has 0 aromatic heterocycles. The standard InChI is InChI=1S/C14H29NO3/c1-12(2)18-11-10-15(5)9-7-6-8-14(3,4)13(16)17/h12H,6-11H2,1-5H3,(H,16,17). The van der Waals surface area contributed by atoms with Crippen molar-refractivity contribution in [3.63, 3.8) is 0 Å². The number of nitrogens with zero attached hydrogens (tertiary/aromatic N) is 1. The van der Waals surface area contributed by atoms with E-state index >= 15 is 0 Å². The molecule has 4 nitrogen and oxygen atoms in total. The number of rotatable bonds is 10. The lowest BCUT2D eigenvalue weighted by atomic mass is 9.87. The van der Waals surface area contributed by atoms with Gasteiger partial charge in [0.1, 0.15) is 0 Å². The number of carboxylic acid groups (broad SMARTS) is 1. The van der Waals surface area contributed by atoms with Gasteiger partial charge >= 0.3 is 5.97 Å². The molecule has 0 saturated heterocycles. The molecule has 0 spiro atoms. The first-order valence-electron chi connectivity index (χ1n) is 6.79. The Morgan fingerprint density at radius 3 is 2.39 bits per heavy atom. The number of unbranched alkanes of at least 4 members (excludes halogenated alkanes) is 1. The van der Waals surface area contributed by atoms with Crippen molar-refractivity contribution in [2.24, 2.45) is 5.41 Å². The number of hydrogen-bond acceptors (Lipinski definition) is 3. The van der Waals surface area contributed by atoms with Crippen LogP contribution < -0.4 is 0 Å². The molecule has 0 amide bonds.